The van der Waals surface area contributed by atoms with Crippen LogP contribution in [0.3, 0.4) is 0 Å². The van der Waals surface area contributed by atoms with Crippen LogP contribution in [0.5, 0.6) is 0 Å². The molecule has 100 valence electrons. The molecule has 0 amide bonds. The minimum absolute atomic E-state index is 0.704. The van der Waals surface area contributed by atoms with E-state index in [4.69, 9.17) is 0 Å². The number of H-pyrrole nitrogens is 1. The van der Waals surface area contributed by atoms with Crippen molar-refractivity contribution in [2.45, 2.75) is 33.6 Å². The van der Waals surface area contributed by atoms with Crippen molar-refractivity contribution >= 4 is 6.08 Å². The first-order valence-electron chi connectivity index (χ1n) is 7.07. The minimum atomic E-state index is 0.704. The molecule has 1 heterocycles. The highest BCUT2D eigenvalue weighted by atomic mass is 14.7. The second kappa shape index (κ2) is 5.92. The summed E-state index contributed by atoms with van der Waals surface area (Å²) in [5.74, 6) is 0.704. The van der Waals surface area contributed by atoms with Crippen LogP contribution in [0.15, 0.2) is 36.9 Å². The van der Waals surface area contributed by atoms with Crippen molar-refractivity contribution in [2.24, 2.45) is 5.92 Å². The molecule has 0 atom stereocenters. The second-order valence-corrected chi connectivity index (χ2v) is 5.47. The van der Waals surface area contributed by atoms with Crippen LogP contribution in [-0.4, -0.2) is 4.98 Å². The molecule has 0 aliphatic carbocycles. The van der Waals surface area contributed by atoms with Crippen LogP contribution in [0.4, 0.5) is 0 Å². The SMILES string of the molecule is C=Cc1[nH]c(-c2ccc(CC(C)C)cc2)cc1CC. The van der Waals surface area contributed by atoms with Gasteiger partial charge in [0.2, 0.25) is 0 Å². The maximum Gasteiger partial charge on any atom is 0.0461 e. The van der Waals surface area contributed by atoms with Gasteiger partial charge in [-0.15, -0.1) is 0 Å². The molecule has 0 saturated carbocycles. The zero-order valence-corrected chi connectivity index (χ0v) is 12.2. The highest BCUT2D eigenvalue weighted by molar-refractivity contribution is 5.65. The van der Waals surface area contributed by atoms with Crippen LogP contribution in [0.25, 0.3) is 17.3 Å². The highest BCUT2D eigenvalue weighted by Gasteiger charge is 2.06. The number of aryl methyl sites for hydroxylation is 1. The standard InChI is InChI=1S/C18H23N/c1-5-15-12-18(19-17(15)6-2)16-9-7-14(8-10-16)11-13(3)4/h6-10,12-13,19H,2,5,11H2,1,3-4H3. The zero-order chi connectivity index (χ0) is 13.8. The van der Waals surface area contributed by atoms with Crippen LogP contribution in [-0.2, 0) is 12.8 Å². The van der Waals surface area contributed by atoms with Crippen molar-refractivity contribution in [1.29, 1.82) is 0 Å². The van der Waals surface area contributed by atoms with Crippen LogP contribution < -0.4 is 0 Å². The van der Waals surface area contributed by atoms with Gasteiger partial charge in [0, 0.05) is 11.4 Å². The Bertz CT molecular complexity index is 544. The van der Waals surface area contributed by atoms with E-state index in [9.17, 15) is 0 Å². The molecule has 1 aromatic carbocycles. The van der Waals surface area contributed by atoms with E-state index in [1.165, 1.54) is 22.4 Å². The number of rotatable bonds is 5. The maximum absolute atomic E-state index is 3.86. The number of benzene rings is 1. The third kappa shape index (κ3) is 3.17. The van der Waals surface area contributed by atoms with Gasteiger partial charge in [0.1, 0.15) is 0 Å². The fourth-order valence-corrected chi connectivity index (χ4v) is 2.44. The molecular formula is C18H23N. The van der Waals surface area contributed by atoms with Crippen molar-refractivity contribution in [3.8, 4) is 11.3 Å². The Kier molecular flexibility index (Phi) is 4.26. The Labute approximate surface area is 116 Å². The number of hydrogen-bond donors (Lipinski definition) is 1. The Balaban J connectivity index is 2.26. The molecule has 0 spiro atoms. The average molecular weight is 253 g/mol. The summed E-state index contributed by atoms with van der Waals surface area (Å²) in [4.78, 5) is 3.44. The first-order valence-corrected chi connectivity index (χ1v) is 7.07. The van der Waals surface area contributed by atoms with Gasteiger partial charge in [0.15, 0.2) is 0 Å². The molecular weight excluding hydrogens is 230 g/mol. The molecule has 0 saturated heterocycles. The Morgan fingerprint density at radius 2 is 1.89 bits per heavy atom. The summed E-state index contributed by atoms with van der Waals surface area (Å²) in [6, 6.07) is 11.1. The molecule has 0 unspecified atom stereocenters. The zero-order valence-electron chi connectivity index (χ0n) is 12.2. The fraction of sp³-hybridized carbons (Fsp3) is 0.333. The number of hydrogen-bond acceptors (Lipinski definition) is 0. The lowest BCUT2D eigenvalue weighted by atomic mass is 10.0. The number of aromatic amines is 1. The van der Waals surface area contributed by atoms with Crippen molar-refractivity contribution in [3.63, 3.8) is 0 Å². The molecule has 1 aromatic heterocycles. The van der Waals surface area contributed by atoms with Crippen molar-refractivity contribution in [3.05, 3.63) is 53.7 Å². The molecule has 0 bridgehead atoms. The summed E-state index contributed by atoms with van der Waals surface area (Å²) < 4.78 is 0. The molecule has 0 aliphatic heterocycles. The maximum atomic E-state index is 3.86. The first-order chi connectivity index (χ1) is 9.13. The summed E-state index contributed by atoms with van der Waals surface area (Å²) in [7, 11) is 0. The predicted octanol–water partition coefficient (Wildman–Crippen LogP) is 5.09. The quantitative estimate of drug-likeness (QED) is 0.764. The van der Waals surface area contributed by atoms with E-state index in [0.717, 1.165) is 18.5 Å². The smallest absolute Gasteiger partial charge is 0.0461 e. The number of nitrogens with one attached hydrogen (secondary N) is 1. The molecule has 0 fully saturated rings. The molecule has 1 N–H and O–H groups in total. The van der Waals surface area contributed by atoms with Crippen LogP contribution in [0.2, 0.25) is 0 Å². The molecule has 1 heteroatoms. The molecule has 2 rings (SSSR count). The minimum Gasteiger partial charge on any atom is -0.355 e. The molecule has 2 aromatic rings. The van der Waals surface area contributed by atoms with Crippen molar-refractivity contribution in [2.75, 3.05) is 0 Å². The van der Waals surface area contributed by atoms with Gasteiger partial charge in [0.25, 0.3) is 0 Å². The second-order valence-electron chi connectivity index (χ2n) is 5.47. The Morgan fingerprint density at radius 3 is 2.37 bits per heavy atom. The van der Waals surface area contributed by atoms with Crippen LogP contribution in [0.1, 0.15) is 37.6 Å². The Morgan fingerprint density at radius 1 is 1.21 bits per heavy atom. The van der Waals surface area contributed by atoms with Gasteiger partial charge in [0.05, 0.1) is 0 Å². The topological polar surface area (TPSA) is 15.8 Å². The van der Waals surface area contributed by atoms with Gasteiger partial charge in [-0.2, -0.15) is 0 Å². The monoisotopic (exact) mass is 253 g/mol. The lowest BCUT2D eigenvalue weighted by Gasteiger charge is -2.05. The van der Waals surface area contributed by atoms with Gasteiger partial charge in [-0.1, -0.05) is 51.6 Å². The number of aromatic nitrogens is 1. The summed E-state index contributed by atoms with van der Waals surface area (Å²) in [6.45, 7) is 10.5. The summed E-state index contributed by atoms with van der Waals surface area (Å²) in [6.07, 6.45) is 4.07. The highest BCUT2D eigenvalue weighted by Crippen LogP contribution is 2.24. The van der Waals surface area contributed by atoms with Gasteiger partial charge < -0.3 is 4.98 Å². The summed E-state index contributed by atoms with van der Waals surface area (Å²) in [5.41, 5.74) is 6.31. The largest absolute Gasteiger partial charge is 0.355 e. The van der Waals surface area contributed by atoms with E-state index in [1.807, 2.05) is 6.08 Å². The lowest BCUT2D eigenvalue weighted by molar-refractivity contribution is 0.647. The van der Waals surface area contributed by atoms with Gasteiger partial charge >= 0.3 is 0 Å². The Hall–Kier alpha value is -1.76. The predicted molar refractivity (Wildman–Crippen MR) is 84.2 cm³/mol. The van der Waals surface area contributed by atoms with Crippen molar-refractivity contribution in [1.82, 2.24) is 4.98 Å². The molecule has 19 heavy (non-hydrogen) atoms. The molecule has 0 radical (unpaired) electrons. The van der Waals surface area contributed by atoms with E-state index in [1.54, 1.807) is 0 Å². The van der Waals surface area contributed by atoms with Crippen LogP contribution >= 0.6 is 0 Å². The average Bonchev–Trinajstić information content (AvgIpc) is 2.82. The van der Waals surface area contributed by atoms with E-state index in [-0.39, 0.29) is 0 Å². The van der Waals surface area contributed by atoms with Crippen molar-refractivity contribution < 1.29 is 0 Å². The molecule has 0 aliphatic rings. The van der Waals surface area contributed by atoms with Gasteiger partial charge in [-0.05, 0) is 47.6 Å². The third-order valence-electron chi connectivity index (χ3n) is 3.43. The van der Waals surface area contributed by atoms with E-state index >= 15 is 0 Å². The van der Waals surface area contributed by atoms with E-state index in [2.05, 4.69) is 62.7 Å². The summed E-state index contributed by atoms with van der Waals surface area (Å²) in [5, 5.41) is 0. The van der Waals surface area contributed by atoms with E-state index in [0.29, 0.717) is 5.92 Å². The lowest BCUT2D eigenvalue weighted by Crippen LogP contribution is -1.93. The van der Waals surface area contributed by atoms with Crippen LogP contribution in [0, 0.1) is 5.92 Å². The van der Waals surface area contributed by atoms with Gasteiger partial charge in [-0.25, -0.2) is 0 Å². The summed E-state index contributed by atoms with van der Waals surface area (Å²) >= 11 is 0. The van der Waals surface area contributed by atoms with E-state index < -0.39 is 0 Å². The van der Waals surface area contributed by atoms with Gasteiger partial charge in [-0.3, -0.25) is 0 Å². The first kappa shape index (κ1) is 13.7. The fourth-order valence-electron chi connectivity index (χ4n) is 2.44. The third-order valence-corrected chi connectivity index (χ3v) is 3.43. The normalized spacial score (nSPS) is 10.9. The molecule has 1 nitrogen and oxygen atoms in total.